The Morgan fingerprint density at radius 2 is 1.97 bits per heavy atom. The van der Waals surface area contributed by atoms with E-state index in [-0.39, 0.29) is 17.2 Å². The van der Waals surface area contributed by atoms with Crippen molar-refractivity contribution in [2.45, 2.75) is 35.8 Å². The fourth-order valence-electron chi connectivity index (χ4n) is 4.17. The SMILES string of the molecule is CC(C)COc1ccc(N(C)C)c(C2(C(N)=O)CC2S(=O)(=O)c2cccc3ncccc23)n1. The van der Waals surface area contributed by atoms with E-state index >= 15 is 0 Å². The molecule has 3 aromatic rings. The largest absolute Gasteiger partial charge is 0.477 e. The number of amides is 1. The van der Waals surface area contributed by atoms with Gasteiger partial charge in [0.05, 0.1) is 33.7 Å². The van der Waals surface area contributed by atoms with Crippen LogP contribution in [0.15, 0.2) is 53.6 Å². The maximum atomic E-state index is 13.8. The maximum Gasteiger partial charge on any atom is 0.231 e. The molecule has 1 amide bonds. The zero-order valence-electron chi connectivity index (χ0n) is 19.1. The molecule has 0 bridgehead atoms. The lowest BCUT2D eigenvalue weighted by atomic mass is 9.98. The predicted molar refractivity (Wildman–Crippen MR) is 127 cm³/mol. The van der Waals surface area contributed by atoms with Crippen molar-refractivity contribution < 1.29 is 17.9 Å². The van der Waals surface area contributed by atoms with Crippen LogP contribution in [0.1, 0.15) is 26.0 Å². The molecule has 1 aromatic carbocycles. The molecule has 2 unspecified atom stereocenters. The molecule has 0 radical (unpaired) electrons. The zero-order valence-corrected chi connectivity index (χ0v) is 20.0. The molecule has 1 fully saturated rings. The van der Waals surface area contributed by atoms with Crippen molar-refractivity contribution >= 4 is 32.3 Å². The predicted octanol–water partition coefficient (Wildman–Crippen LogP) is 2.70. The van der Waals surface area contributed by atoms with E-state index in [1.165, 1.54) is 0 Å². The first-order valence-electron chi connectivity index (χ1n) is 10.8. The Bertz CT molecular complexity index is 1320. The summed E-state index contributed by atoms with van der Waals surface area (Å²) >= 11 is 0. The average Bonchev–Trinajstić information content (AvgIpc) is 3.55. The number of hydrogen-bond donors (Lipinski definition) is 1. The standard InChI is InChI=1S/C24H28N4O4S/c1-15(2)14-32-21-11-10-18(28(3)4)22(27-21)24(23(25)29)13-20(24)33(30,31)19-9-5-8-17-16(19)7-6-12-26-17/h5-12,15,20H,13-14H2,1-4H3,(H2,25,29). The summed E-state index contributed by atoms with van der Waals surface area (Å²) in [4.78, 5) is 23.6. The number of sulfone groups is 1. The number of nitrogens with two attached hydrogens (primary N) is 1. The summed E-state index contributed by atoms with van der Waals surface area (Å²) in [6.07, 6.45) is 1.67. The van der Waals surface area contributed by atoms with Crippen molar-refractivity contribution in [3.8, 4) is 5.88 Å². The highest BCUT2D eigenvalue weighted by Crippen LogP contribution is 2.56. The summed E-state index contributed by atoms with van der Waals surface area (Å²) in [6.45, 7) is 4.48. The first-order chi connectivity index (χ1) is 15.6. The molecule has 2 aromatic heterocycles. The van der Waals surface area contributed by atoms with Crippen LogP contribution in [0.25, 0.3) is 10.9 Å². The third-order valence-electron chi connectivity index (χ3n) is 5.94. The summed E-state index contributed by atoms with van der Waals surface area (Å²) in [7, 11) is -0.291. The lowest BCUT2D eigenvalue weighted by Crippen LogP contribution is -2.36. The maximum absolute atomic E-state index is 13.8. The molecule has 1 saturated carbocycles. The topological polar surface area (TPSA) is 115 Å². The van der Waals surface area contributed by atoms with Gasteiger partial charge in [0.1, 0.15) is 5.41 Å². The summed E-state index contributed by atoms with van der Waals surface area (Å²) in [5.41, 5.74) is 5.95. The van der Waals surface area contributed by atoms with Crippen LogP contribution < -0.4 is 15.4 Å². The number of primary amides is 1. The van der Waals surface area contributed by atoms with Gasteiger partial charge in [0.15, 0.2) is 9.84 Å². The Balaban J connectivity index is 1.83. The first-order valence-corrected chi connectivity index (χ1v) is 12.3. The Hall–Kier alpha value is -3.20. The van der Waals surface area contributed by atoms with Crippen molar-refractivity contribution in [2.75, 3.05) is 25.6 Å². The zero-order chi connectivity index (χ0) is 24.0. The molecular formula is C24H28N4O4S. The van der Waals surface area contributed by atoms with Crippen molar-refractivity contribution in [2.24, 2.45) is 11.7 Å². The highest BCUT2D eigenvalue weighted by Gasteiger charge is 2.68. The minimum Gasteiger partial charge on any atom is -0.477 e. The summed E-state index contributed by atoms with van der Waals surface area (Å²) in [5.74, 6) is -0.101. The average molecular weight is 469 g/mol. The number of pyridine rings is 2. The third kappa shape index (κ3) is 3.90. The van der Waals surface area contributed by atoms with Gasteiger partial charge in [0.2, 0.25) is 11.8 Å². The highest BCUT2D eigenvalue weighted by atomic mass is 32.2. The van der Waals surface area contributed by atoms with E-state index in [0.717, 1.165) is 0 Å². The van der Waals surface area contributed by atoms with Crippen LogP contribution in [0.2, 0.25) is 0 Å². The number of carbonyl (C=O) groups is 1. The van der Waals surface area contributed by atoms with Gasteiger partial charge in [-0.2, -0.15) is 0 Å². The summed E-state index contributed by atoms with van der Waals surface area (Å²) in [5, 5.41) is -0.514. The molecule has 2 N–H and O–H groups in total. The van der Waals surface area contributed by atoms with Crippen molar-refractivity contribution in [1.29, 1.82) is 0 Å². The smallest absolute Gasteiger partial charge is 0.231 e. The molecule has 174 valence electrons. The van der Waals surface area contributed by atoms with Crippen molar-refractivity contribution in [1.82, 2.24) is 9.97 Å². The molecule has 33 heavy (non-hydrogen) atoms. The molecule has 9 heteroatoms. The fraction of sp³-hybridized carbons (Fsp3) is 0.375. The Morgan fingerprint density at radius 1 is 1.21 bits per heavy atom. The Labute approximate surface area is 193 Å². The number of ether oxygens (including phenoxy) is 1. The normalized spacial score (nSPS) is 20.1. The van der Waals surface area contributed by atoms with Gasteiger partial charge in [-0.15, -0.1) is 0 Å². The number of nitrogens with zero attached hydrogens (tertiary/aromatic N) is 3. The second-order valence-corrected chi connectivity index (χ2v) is 11.1. The lowest BCUT2D eigenvalue weighted by Gasteiger charge is -2.23. The molecule has 2 atom stereocenters. The quantitative estimate of drug-likeness (QED) is 0.540. The van der Waals surface area contributed by atoms with E-state index in [0.29, 0.717) is 34.8 Å². The summed E-state index contributed by atoms with van der Waals surface area (Å²) in [6, 6.07) is 11.9. The molecule has 0 spiro atoms. The van der Waals surface area contributed by atoms with Crippen LogP contribution in [-0.2, 0) is 20.0 Å². The van der Waals surface area contributed by atoms with Crippen LogP contribution in [0, 0.1) is 5.92 Å². The molecule has 4 rings (SSSR count). The number of anilines is 1. The van der Waals surface area contributed by atoms with E-state index in [4.69, 9.17) is 10.5 Å². The van der Waals surface area contributed by atoms with Crippen molar-refractivity contribution in [3.63, 3.8) is 0 Å². The third-order valence-corrected chi connectivity index (χ3v) is 8.23. The molecule has 8 nitrogen and oxygen atoms in total. The molecule has 0 saturated heterocycles. The number of rotatable bonds is 8. The van der Waals surface area contributed by atoms with Crippen LogP contribution >= 0.6 is 0 Å². The van der Waals surface area contributed by atoms with Crippen LogP contribution in [-0.4, -0.2) is 50.2 Å². The Kier molecular flexibility index (Phi) is 5.78. The van der Waals surface area contributed by atoms with E-state index in [2.05, 4.69) is 9.97 Å². The van der Waals surface area contributed by atoms with Gasteiger partial charge in [0, 0.05) is 31.7 Å². The van der Waals surface area contributed by atoms with Gasteiger partial charge in [-0.3, -0.25) is 9.78 Å². The fourth-order valence-corrected chi connectivity index (χ4v) is 6.46. The number of benzene rings is 1. The molecule has 1 aliphatic carbocycles. The minimum absolute atomic E-state index is 0.0583. The number of fused-ring (bicyclic) bond motifs is 1. The molecular weight excluding hydrogens is 440 g/mol. The number of hydrogen-bond acceptors (Lipinski definition) is 7. The summed E-state index contributed by atoms with van der Waals surface area (Å²) < 4.78 is 33.3. The second-order valence-electron chi connectivity index (χ2n) is 9.02. The second kappa shape index (κ2) is 8.30. The highest BCUT2D eigenvalue weighted by molar-refractivity contribution is 7.92. The van der Waals surface area contributed by atoms with Crippen LogP contribution in [0.4, 0.5) is 5.69 Å². The van der Waals surface area contributed by atoms with Crippen LogP contribution in [0.3, 0.4) is 0 Å². The van der Waals surface area contributed by atoms with Crippen molar-refractivity contribution in [3.05, 3.63) is 54.4 Å². The lowest BCUT2D eigenvalue weighted by molar-refractivity contribution is -0.120. The Morgan fingerprint density at radius 3 is 2.64 bits per heavy atom. The number of aromatic nitrogens is 2. The molecule has 1 aliphatic rings. The van der Waals surface area contributed by atoms with E-state index in [1.807, 2.05) is 27.9 Å². The molecule has 2 heterocycles. The number of carbonyl (C=O) groups excluding carboxylic acids is 1. The van der Waals surface area contributed by atoms with E-state index in [9.17, 15) is 13.2 Å². The van der Waals surface area contributed by atoms with E-state index < -0.39 is 26.4 Å². The van der Waals surface area contributed by atoms with Gasteiger partial charge in [-0.05, 0) is 42.7 Å². The van der Waals surface area contributed by atoms with Gasteiger partial charge >= 0.3 is 0 Å². The van der Waals surface area contributed by atoms with E-state index in [1.54, 1.807) is 53.6 Å². The molecule has 0 aliphatic heterocycles. The van der Waals surface area contributed by atoms with Gasteiger partial charge in [0.25, 0.3) is 0 Å². The first kappa shape index (κ1) is 23.0. The van der Waals surface area contributed by atoms with Gasteiger partial charge in [-0.1, -0.05) is 19.9 Å². The minimum atomic E-state index is -3.91. The van der Waals surface area contributed by atoms with Gasteiger partial charge < -0.3 is 15.4 Å². The van der Waals surface area contributed by atoms with Gasteiger partial charge in [-0.25, -0.2) is 13.4 Å². The monoisotopic (exact) mass is 468 g/mol. The van der Waals surface area contributed by atoms with Crippen LogP contribution in [0.5, 0.6) is 5.88 Å².